The molecule has 0 rings (SSSR count). The Morgan fingerprint density at radius 2 is 1.50 bits per heavy atom. The minimum atomic E-state index is -1.80. The zero-order chi connectivity index (χ0) is 9.83. The van der Waals surface area contributed by atoms with Crippen LogP contribution in [0.5, 0.6) is 0 Å². The number of hydrogen-bond donors (Lipinski definition) is 0. The van der Waals surface area contributed by atoms with E-state index in [2.05, 4.69) is 39.7 Å². The lowest BCUT2D eigenvalue weighted by atomic mass is 10.5. The second-order valence-corrected chi connectivity index (χ2v) is 12.6. The Hall–Kier alpha value is 0.354. The van der Waals surface area contributed by atoms with Crippen LogP contribution in [0.15, 0.2) is 0 Å². The maximum Gasteiger partial charge on any atom is 0.321 e. The first-order chi connectivity index (χ1) is 5.27. The van der Waals surface area contributed by atoms with Crippen LogP contribution in [0.3, 0.4) is 0 Å². The summed E-state index contributed by atoms with van der Waals surface area (Å²) in [4.78, 5) is 0. The van der Waals surface area contributed by atoms with Gasteiger partial charge in [0, 0.05) is 6.61 Å². The van der Waals surface area contributed by atoms with Crippen LogP contribution in [-0.2, 0) is 8.54 Å². The van der Waals surface area contributed by atoms with Crippen molar-refractivity contribution in [3.8, 4) is 0 Å². The summed E-state index contributed by atoms with van der Waals surface area (Å²) in [5.41, 5.74) is 0. The average Bonchev–Trinajstić information content (AvgIpc) is 1.78. The summed E-state index contributed by atoms with van der Waals surface area (Å²) in [7, 11) is -3.20. The molecule has 0 aliphatic carbocycles. The van der Waals surface area contributed by atoms with E-state index in [4.69, 9.17) is 8.54 Å². The molecule has 0 bridgehead atoms. The summed E-state index contributed by atoms with van der Waals surface area (Å²) in [5, 5.41) is 0. The number of hydrogen-bond acceptors (Lipinski definition) is 2. The second-order valence-electron chi connectivity index (χ2n) is 4.46. The van der Waals surface area contributed by atoms with E-state index in [0.29, 0.717) is 0 Å². The number of rotatable bonds is 5. The fourth-order valence-electron chi connectivity index (χ4n) is 1.11. The van der Waals surface area contributed by atoms with Gasteiger partial charge in [-0.25, -0.2) is 0 Å². The van der Waals surface area contributed by atoms with Crippen molar-refractivity contribution in [3.63, 3.8) is 0 Å². The standard InChI is InChI=1S/C8H22O2Si2/c1-7-8-9-12(5,6)10-11(2,3)4/h7-8H2,1-6H3. The maximum absolute atomic E-state index is 5.98. The van der Waals surface area contributed by atoms with E-state index in [1.54, 1.807) is 0 Å². The van der Waals surface area contributed by atoms with Gasteiger partial charge in [0.2, 0.25) is 0 Å². The predicted octanol–water partition coefficient (Wildman–Crippen LogP) is 2.97. The van der Waals surface area contributed by atoms with Crippen LogP contribution in [0.4, 0.5) is 0 Å². The molecular formula is C8H22O2Si2. The molecule has 4 heteroatoms. The van der Waals surface area contributed by atoms with Crippen LogP contribution in [0.25, 0.3) is 0 Å². The molecule has 0 heterocycles. The van der Waals surface area contributed by atoms with E-state index in [1.165, 1.54) is 0 Å². The zero-order valence-corrected chi connectivity index (χ0v) is 11.2. The predicted molar refractivity (Wildman–Crippen MR) is 58.2 cm³/mol. The van der Waals surface area contributed by atoms with Gasteiger partial charge in [-0.05, 0) is 39.2 Å². The maximum atomic E-state index is 5.98. The first-order valence-electron chi connectivity index (χ1n) is 4.61. The minimum Gasteiger partial charge on any atom is -0.436 e. The molecule has 0 spiro atoms. The van der Waals surface area contributed by atoms with Crippen molar-refractivity contribution in [2.75, 3.05) is 6.61 Å². The second kappa shape index (κ2) is 4.55. The Bertz CT molecular complexity index is 130. The summed E-state index contributed by atoms with van der Waals surface area (Å²) < 4.78 is 11.7. The van der Waals surface area contributed by atoms with Gasteiger partial charge in [-0.3, -0.25) is 0 Å². The third kappa shape index (κ3) is 7.03. The van der Waals surface area contributed by atoms with Crippen molar-refractivity contribution in [1.29, 1.82) is 0 Å². The van der Waals surface area contributed by atoms with E-state index in [1.807, 2.05) is 0 Å². The fourth-order valence-corrected chi connectivity index (χ4v) is 7.95. The molecule has 0 saturated heterocycles. The Morgan fingerprint density at radius 1 is 1.00 bits per heavy atom. The van der Waals surface area contributed by atoms with Gasteiger partial charge < -0.3 is 8.54 Å². The molecule has 0 saturated carbocycles. The molecule has 0 aromatic carbocycles. The molecule has 0 radical (unpaired) electrons. The molecule has 0 aromatic rings. The molecule has 0 fully saturated rings. The van der Waals surface area contributed by atoms with E-state index in [9.17, 15) is 0 Å². The minimum absolute atomic E-state index is 0.837. The van der Waals surface area contributed by atoms with E-state index in [0.717, 1.165) is 13.0 Å². The van der Waals surface area contributed by atoms with Crippen LogP contribution in [0, 0.1) is 0 Å². The van der Waals surface area contributed by atoms with Crippen LogP contribution in [-0.4, -0.2) is 23.5 Å². The van der Waals surface area contributed by atoms with Gasteiger partial charge >= 0.3 is 8.56 Å². The van der Waals surface area contributed by atoms with E-state index < -0.39 is 16.9 Å². The van der Waals surface area contributed by atoms with Crippen LogP contribution >= 0.6 is 0 Å². The fraction of sp³-hybridized carbons (Fsp3) is 1.00. The molecule has 0 N–H and O–H groups in total. The van der Waals surface area contributed by atoms with Crippen LogP contribution < -0.4 is 0 Å². The SMILES string of the molecule is CCCO[Si](C)(C)O[Si](C)(C)C. The van der Waals surface area contributed by atoms with Gasteiger partial charge in [0.05, 0.1) is 0 Å². The average molecular weight is 206 g/mol. The van der Waals surface area contributed by atoms with Crippen LogP contribution in [0.2, 0.25) is 32.7 Å². The Labute approximate surface area is 78.7 Å². The molecule has 12 heavy (non-hydrogen) atoms. The highest BCUT2D eigenvalue weighted by Crippen LogP contribution is 2.15. The molecule has 0 aliphatic rings. The van der Waals surface area contributed by atoms with Crippen LogP contribution in [0.1, 0.15) is 13.3 Å². The Balaban J connectivity index is 3.86. The lowest BCUT2D eigenvalue weighted by Gasteiger charge is -2.30. The molecule has 2 nitrogen and oxygen atoms in total. The quantitative estimate of drug-likeness (QED) is 0.644. The van der Waals surface area contributed by atoms with Gasteiger partial charge in [0.25, 0.3) is 0 Å². The summed E-state index contributed by atoms with van der Waals surface area (Å²) in [5.74, 6) is 0. The molecule has 0 atom stereocenters. The highest BCUT2D eigenvalue weighted by molar-refractivity contribution is 6.81. The van der Waals surface area contributed by atoms with Crippen molar-refractivity contribution in [2.45, 2.75) is 46.1 Å². The van der Waals surface area contributed by atoms with Crippen molar-refractivity contribution in [3.05, 3.63) is 0 Å². The molecule has 0 unspecified atom stereocenters. The molecular weight excluding hydrogens is 184 g/mol. The van der Waals surface area contributed by atoms with E-state index >= 15 is 0 Å². The molecule has 0 aliphatic heterocycles. The lowest BCUT2D eigenvalue weighted by Crippen LogP contribution is -2.44. The Morgan fingerprint density at radius 3 is 1.83 bits per heavy atom. The van der Waals surface area contributed by atoms with Gasteiger partial charge in [-0.15, -0.1) is 0 Å². The summed E-state index contributed by atoms with van der Waals surface area (Å²) in [6.45, 7) is 13.8. The van der Waals surface area contributed by atoms with Gasteiger partial charge in [0.15, 0.2) is 8.32 Å². The van der Waals surface area contributed by atoms with E-state index in [-0.39, 0.29) is 0 Å². The monoisotopic (exact) mass is 206 g/mol. The summed E-state index contributed by atoms with van der Waals surface area (Å²) in [6.07, 6.45) is 1.07. The zero-order valence-electron chi connectivity index (χ0n) is 9.23. The normalized spacial score (nSPS) is 13.5. The molecule has 0 aromatic heterocycles. The largest absolute Gasteiger partial charge is 0.436 e. The van der Waals surface area contributed by atoms with Crippen molar-refractivity contribution in [2.24, 2.45) is 0 Å². The van der Waals surface area contributed by atoms with Crippen molar-refractivity contribution in [1.82, 2.24) is 0 Å². The Kier molecular flexibility index (Phi) is 4.69. The first kappa shape index (κ1) is 12.4. The van der Waals surface area contributed by atoms with Gasteiger partial charge in [-0.1, -0.05) is 6.92 Å². The van der Waals surface area contributed by atoms with Crippen molar-refractivity contribution < 1.29 is 8.54 Å². The van der Waals surface area contributed by atoms with Gasteiger partial charge in [-0.2, -0.15) is 0 Å². The lowest BCUT2D eigenvalue weighted by molar-refractivity contribution is 0.246. The van der Waals surface area contributed by atoms with Crippen molar-refractivity contribution >= 4 is 16.9 Å². The summed E-state index contributed by atoms with van der Waals surface area (Å²) >= 11 is 0. The third-order valence-corrected chi connectivity index (χ3v) is 6.52. The summed E-state index contributed by atoms with van der Waals surface area (Å²) in [6, 6.07) is 0. The molecule has 74 valence electrons. The topological polar surface area (TPSA) is 18.5 Å². The highest BCUT2D eigenvalue weighted by atomic mass is 28.4. The third-order valence-electron chi connectivity index (χ3n) is 1.21. The molecule has 0 amide bonds. The highest BCUT2D eigenvalue weighted by Gasteiger charge is 2.30. The van der Waals surface area contributed by atoms with Gasteiger partial charge in [0.1, 0.15) is 0 Å². The smallest absolute Gasteiger partial charge is 0.321 e. The first-order valence-corrected chi connectivity index (χ1v) is 10.8.